The molecular formula is C18H25N5O3S2. The van der Waals surface area contributed by atoms with Crippen LogP contribution in [-0.2, 0) is 14.6 Å². The number of nitrogens with zero attached hydrogens (tertiary/aromatic N) is 5. The van der Waals surface area contributed by atoms with Crippen molar-refractivity contribution in [2.45, 2.75) is 44.8 Å². The molecule has 0 spiro atoms. The van der Waals surface area contributed by atoms with Crippen LogP contribution in [0, 0.1) is 13.8 Å². The summed E-state index contributed by atoms with van der Waals surface area (Å²) in [6.45, 7) is 6.58. The second-order valence-corrected chi connectivity index (χ2v) is 10.2. The van der Waals surface area contributed by atoms with Gasteiger partial charge in [0.25, 0.3) is 0 Å². The molecule has 2 aromatic rings. The molecule has 1 atom stereocenters. The van der Waals surface area contributed by atoms with Gasteiger partial charge in [0, 0.05) is 12.6 Å². The Bertz CT molecular complexity index is 958. The van der Waals surface area contributed by atoms with Gasteiger partial charge in [-0.25, -0.2) is 8.42 Å². The minimum absolute atomic E-state index is 0.0592. The molecule has 1 aliphatic rings. The quantitative estimate of drug-likeness (QED) is 0.626. The molecular weight excluding hydrogens is 398 g/mol. The number of aromatic nitrogens is 4. The summed E-state index contributed by atoms with van der Waals surface area (Å²) >= 11 is 1.27. The van der Waals surface area contributed by atoms with Gasteiger partial charge in [-0.1, -0.05) is 30.8 Å². The van der Waals surface area contributed by atoms with Gasteiger partial charge in [0.05, 0.1) is 22.9 Å². The average Bonchev–Trinajstić information content (AvgIpc) is 3.26. The predicted octanol–water partition coefficient (Wildman–Crippen LogP) is 1.80. The zero-order valence-electron chi connectivity index (χ0n) is 16.3. The minimum Gasteiger partial charge on any atom is -0.338 e. The van der Waals surface area contributed by atoms with E-state index < -0.39 is 9.84 Å². The Morgan fingerprint density at radius 3 is 2.82 bits per heavy atom. The van der Waals surface area contributed by atoms with Gasteiger partial charge in [0.15, 0.2) is 9.84 Å². The number of tetrazole rings is 1. The van der Waals surface area contributed by atoms with Gasteiger partial charge < -0.3 is 4.90 Å². The van der Waals surface area contributed by atoms with Gasteiger partial charge in [0.2, 0.25) is 11.1 Å². The van der Waals surface area contributed by atoms with Gasteiger partial charge in [0.1, 0.15) is 0 Å². The smallest absolute Gasteiger partial charge is 0.233 e. The maximum absolute atomic E-state index is 12.8. The van der Waals surface area contributed by atoms with E-state index in [9.17, 15) is 13.2 Å². The number of hydrogen-bond donors (Lipinski definition) is 0. The number of benzene rings is 1. The summed E-state index contributed by atoms with van der Waals surface area (Å²) < 4.78 is 25.3. The standard InChI is InChI=1S/C18H25N5O3S2/c1-4-9-22(15-8-10-28(25,26)12-15)17(24)11-27-18-19-20-21-23(18)16-7-5-6-13(2)14(16)3/h5-7,15H,4,8-12H2,1-3H3/t15-/m1/s1. The highest BCUT2D eigenvalue weighted by Gasteiger charge is 2.34. The number of hydrogen-bond acceptors (Lipinski definition) is 7. The van der Waals surface area contributed by atoms with Crippen LogP contribution in [0.3, 0.4) is 0 Å². The molecule has 28 heavy (non-hydrogen) atoms. The summed E-state index contributed by atoms with van der Waals surface area (Å²) in [6.07, 6.45) is 1.30. The molecule has 2 heterocycles. The lowest BCUT2D eigenvalue weighted by molar-refractivity contribution is -0.130. The van der Waals surface area contributed by atoms with Crippen molar-refractivity contribution in [3.8, 4) is 5.69 Å². The molecule has 1 aliphatic heterocycles. The molecule has 0 N–H and O–H groups in total. The Labute approximate surface area is 169 Å². The lowest BCUT2D eigenvalue weighted by atomic mass is 10.1. The normalized spacial score (nSPS) is 18.3. The van der Waals surface area contributed by atoms with Crippen molar-refractivity contribution in [2.75, 3.05) is 23.8 Å². The second-order valence-electron chi connectivity index (χ2n) is 7.02. The fraction of sp³-hybridized carbons (Fsp3) is 0.556. The maximum Gasteiger partial charge on any atom is 0.233 e. The van der Waals surface area contributed by atoms with Crippen molar-refractivity contribution in [2.24, 2.45) is 0 Å². The summed E-state index contributed by atoms with van der Waals surface area (Å²) in [5.74, 6) is 0.304. The third-order valence-electron chi connectivity index (χ3n) is 5.00. The summed E-state index contributed by atoms with van der Waals surface area (Å²) in [7, 11) is -3.04. The Kier molecular flexibility index (Phi) is 6.39. The molecule has 0 bridgehead atoms. The third kappa shape index (κ3) is 4.54. The van der Waals surface area contributed by atoms with Gasteiger partial charge in [-0.15, -0.1) is 5.10 Å². The first-order valence-corrected chi connectivity index (χ1v) is 12.1. The Morgan fingerprint density at radius 2 is 2.14 bits per heavy atom. The zero-order valence-corrected chi connectivity index (χ0v) is 18.0. The number of carbonyl (C=O) groups is 1. The lowest BCUT2D eigenvalue weighted by Gasteiger charge is -2.27. The predicted molar refractivity (Wildman–Crippen MR) is 108 cm³/mol. The van der Waals surface area contributed by atoms with E-state index in [1.54, 1.807) is 9.58 Å². The van der Waals surface area contributed by atoms with Crippen LogP contribution in [0.1, 0.15) is 30.9 Å². The molecule has 3 rings (SSSR count). The van der Waals surface area contributed by atoms with E-state index in [-0.39, 0.29) is 29.2 Å². The van der Waals surface area contributed by atoms with Crippen LogP contribution in [0.4, 0.5) is 0 Å². The summed E-state index contributed by atoms with van der Waals surface area (Å²) in [6, 6.07) is 5.69. The Morgan fingerprint density at radius 1 is 1.36 bits per heavy atom. The Hall–Kier alpha value is -1.94. The molecule has 1 fully saturated rings. The molecule has 1 saturated heterocycles. The van der Waals surface area contributed by atoms with E-state index in [0.29, 0.717) is 18.1 Å². The van der Waals surface area contributed by atoms with Crippen molar-refractivity contribution in [3.05, 3.63) is 29.3 Å². The van der Waals surface area contributed by atoms with Gasteiger partial charge in [-0.3, -0.25) is 4.79 Å². The van der Waals surface area contributed by atoms with Gasteiger partial charge in [-0.2, -0.15) is 4.68 Å². The highest BCUT2D eigenvalue weighted by Crippen LogP contribution is 2.24. The van der Waals surface area contributed by atoms with Crippen LogP contribution in [0.15, 0.2) is 23.4 Å². The Balaban J connectivity index is 1.72. The lowest BCUT2D eigenvalue weighted by Crippen LogP contribution is -2.42. The first kappa shape index (κ1) is 20.8. The summed E-state index contributed by atoms with van der Waals surface area (Å²) in [5, 5.41) is 12.4. The monoisotopic (exact) mass is 423 g/mol. The van der Waals surface area contributed by atoms with Crippen molar-refractivity contribution in [3.63, 3.8) is 0 Å². The molecule has 0 unspecified atom stereocenters. The molecule has 1 amide bonds. The number of rotatable bonds is 7. The molecule has 0 saturated carbocycles. The third-order valence-corrected chi connectivity index (χ3v) is 7.66. The molecule has 8 nitrogen and oxygen atoms in total. The second kappa shape index (κ2) is 8.60. The largest absolute Gasteiger partial charge is 0.338 e. The first-order chi connectivity index (χ1) is 13.3. The fourth-order valence-electron chi connectivity index (χ4n) is 3.37. The summed E-state index contributed by atoms with van der Waals surface area (Å²) in [5.41, 5.74) is 3.09. The topological polar surface area (TPSA) is 98.1 Å². The van der Waals surface area contributed by atoms with Crippen molar-refractivity contribution in [1.82, 2.24) is 25.1 Å². The SMILES string of the molecule is CCCN(C(=O)CSc1nnnn1-c1cccc(C)c1C)[C@@H]1CCS(=O)(=O)C1. The van der Waals surface area contributed by atoms with E-state index in [2.05, 4.69) is 15.5 Å². The highest BCUT2D eigenvalue weighted by molar-refractivity contribution is 7.99. The highest BCUT2D eigenvalue weighted by atomic mass is 32.2. The molecule has 0 radical (unpaired) electrons. The number of thioether (sulfide) groups is 1. The van der Waals surface area contributed by atoms with E-state index in [4.69, 9.17) is 0 Å². The fourth-order valence-corrected chi connectivity index (χ4v) is 5.87. The molecule has 0 aliphatic carbocycles. The van der Waals surface area contributed by atoms with Gasteiger partial charge in [-0.05, 0) is 54.3 Å². The van der Waals surface area contributed by atoms with Crippen LogP contribution < -0.4 is 0 Å². The van der Waals surface area contributed by atoms with E-state index in [1.165, 1.54) is 11.8 Å². The minimum atomic E-state index is -3.04. The number of sulfone groups is 1. The maximum atomic E-state index is 12.8. The number of aryl methyl sites for hydroxylation is 1. The van der Waals surface area contributed by atoms with Crippen LogP contribution >= 0.6 is 11.8 Å². The molecule has 1 aromatic heterocycles. The zero-order chi connectivity index (χ0) is 20.3. The number of amides is 1. The molecule has 10 heteroatoms. The van der Waals surface area contributed by atoms with Gasteiger partial charge >= 0.3 is 0 Å². The van der Waals surface area contributed by atoms with Crippen molar-refractivity contribution < 1.29 is 13.2 Å². The van der Waals surface area contributed by atoms with Crippen LogP contribution in [0.25, 0.3) is 5.69 Å². The van der Waals surface area contributed by atoms with Crippen molar-refractivity contribution in [1.29, 1.82) is 0 Å². The van der Waals surface area contributed by atoms with Crippen LogP contribution in [0.2, 0.25) is 0 Å². The van der Waals surface area contributed by atoms with Crippen LogP contribution in [-0.4, -0.2) is 69.3 Å². The van der Waals surface area contributed by atoms with E-state index in [0.717, 1.165) is 23.2 Å². The van der Waals surface area contributed by atoms with E-state index in [1.807, 2.05) is 39.0 Å². The molecule has 1 aromatic carbocycles. The van der Waals surface area contributed by atoms with Crippen LogP contribution in [0.5, 0.6) is 0 Å². The van der Waals surface area contributed by atoms with Crippen molar-refractivity contribution >= 4 is 27.5 Å². The first-order valence-electron chi connectivity index (χ1n) is 9.30. The van der Waals surface area contributed by atoms with E-state index >= 15 is 0 Å². The average molecular weight is 424 g/mol. The summed E-state index contributed by atoms with van der Waals surface area (Å²) in [4.78, 5) is 14.5. The number of carbonyl (C=O) groups excluding carboxylic acids is 1. The molecule has 152 valence electrons.